The third-order valence-electron chi connectivity index (χ3n) is 0. The van der Waals surface area contributed by atoms with Gasteiger partial charge in [0.15, 0.2) is 17.4 Å². The molecule has 0 aromatic carbocycles. The first kappa shape index (κ1) is 22.5. The molecule has 4 N–H and O–H groups in total. The van der Waals surface area contributed by atoms with Crippen LogP contribution in [0.3, 0.4) is 0 Å². The molecule has 0 aliphatic heterocycles. The van der Waals surface area contributed by atoms with Crippen LogP contribution in [0.2, 0.25) is 0 Å². The van der Waals surface area contributed by atoms with E-state index in [9.17, 15) is 0 Å². The normalized spacial score (nSPS) is 4.80. The van der Waals surface area contributed by atoms with Gasteiger partial charge >= 0.3 is 67.2 Å². The molecule has 0 heterocycles. The van der Waals surface area contributed by atoms with Gasteiger partial charge in [-0.2, -0.15) is 0 Å². The Bertz CT molecular complexity index is 81.5. The van der Waals surface area contributed by atoms with E-state index in [1.54, 1.807) is 0 Å². The van der Waals surface area contributed by atoms with Gasteiger partial charge in [-0.3, -0.25) is 8.92 Å². The Kier molecular flexibility index (Phi) is 37.7. The second kappa shape index (κ2) is 16.7. The van der Waals surface area contributed by atoms with Gasteiger partial charge in [0.05, 0.1) is 0 Å². The Morgan fingerprint density at radius 2 is 0.900 bits per heavy atom. The number of hydrogen-bond donors (Lipinski definition) is 4. The van der Waals surface area contributed by atoms with Crippen LogP contribution in [-0.4, -0.2) is 104 Å². The summed E-state index contributed by atoms with van der Waals surface area (Å²) in [6.07, 6.45) is 0. The zero-order chi connectivity index (χ0) is 7.15. The van der Waals surface area contributed by atoms with Crippen molar-refractivity contribution in [2.45, 2.75) is 0 Å². The van der Waals surface area contributed by atoms with Crippen LogP contribution in [0.1, 0.15) is 2.85 Å². The van der Waals surface area contributed by atoms with Crippen molar-refractivity contribution < 1.29 is 31.0 Å². The van der Waals surface area contributed by atoms with Gasteiger partial charge in [0.25, 0.3) is 0 Å². The first-order valence-corrected chi connectivity index (χ1v) is 3.91. The summed E-state index contributed by atoms with van der Waals surface area (Å²) < 4.78 is 17.5. The summed E-state index contributed by atoms with van der Waals surface area (Å²) in [7, 11) is -6.26. The summed E-state index contributed by atoms with van der Waals surface area (Å²) in [4.78, 5) is 28.6. The molecule has 0 atom stereocenters. The first-order chi connectivity index (χ1) is 3.46. The molecule has 58 valence electrons. The molecule has 10 heavy (non-hydrogen) atoms. The molecule has 0 radical (unpaired) electrons. The molecule has 0 bridgehead atoms. The maximum absolute atomic E-state index is 8.74. The fourth-order valence-corrected chi connectivity index (χ4v) is 0. The van der Waals surface area contributed by atoms with Crippen LogP contribution >= 0.6 is 0 Å². The maximum atomic E-state index is 8.74. The largest absolute Gasteiger partial charge is 2.00 e. The average Bonchev–Trinajstić information content (AvgIpc) is 1.25. The second-order valence-corrected chi connectivity index (χ2v) is 1.70. The predicted octanol–water partition coefficient (Wildman–Crippen LogP) is -4.57. The Morgan fingerprint density at radius 3 is 0.900 bits per heavy atom. The molecule has 0 fully saturated rings. The van der Waals surface area contributed by atoms with E-state index in [-0.39, 0.29) is 69.1 Å². The molecule has 0 aromatic rings. The first-order valence-electron chi connectivity index (χ1n) is 1.30. The van der Waals surface area contributed by atoms with Gasteiger partial charge in [0.1, 0.15) is 0 Å². The summed E-state index contributed by atoms with van der Waals surface area (Å²) in [5.41, 5.74) is 0. The third kappa shape index (κ3) is 363. The van der Waals surface area contributed by atoms with Crippen LogP contribution in [0.5, 0.6) is 0 Å². The smallest absolute Gasteiger partial charge is 1.00 e. The topological polar surface area (TPSA) is 115 Å². The van der Waals surface area contributed by atoms with E-state index in [4.69, 9.17) is 28.1 Å². The summed E-state index contributed by atoms with van der Waals surface area (Å²) in [6.45, 7) is 0. The quantitative estimate of drug-likeness (QED) is 0.333. The summed E-state index contributed by atoms with van der Waals surface area (Å²) in [6, 6.07) is 0. The molecule has 0 aliphatic carbocycles. The molecular weight excluding hydrogens is 316 g/mol. The van der Waals surface area contributed by atoms with E-state index < -0.39 is 18.3 Å². The van der Waals surface area contributed by atoms with Gasteiger partial charge in [0.2, 0.25) is 0 Å². The fraction of sp³-hybridized carbons (Fsp3) is 0. The van der Waals surface area contributed by atoms with Gasteiger partial charge in [-0.15, -0.1) is 0 Å². The Balaban J connectivity index is -0.0000000112. The predicted molar refractivity (Wildman–Crippen MR) is 39.7 cm³/mol. The van der Waals surface area contributed by atoms with E-state index >= 15 is 0 Å². The van der Waals surface area contributed by atoms with E-state index in [0.29, 0.717) is 0 Å². The van der Waals surface area contributed by atoms with Crippen LogP contribution < -0.4 is 0 Å². The van der Waals surface area contributed by atoms with Gasteiger partial charge < -0.3 is 22.0 Å². The summed E-state index contributed by atoms with van der Waals surface area (Å²) in [5.74, 6) is 0. The molecule has 10 heteroatoms. The Morgan fingerprint density at radius 1 is 0.900 bits per heavy atom. The zero-order valence-electron chi connectivity index (χ0n) is 6.31. The molecule has 0 unspecified atom stereocenters. The number of hydrogen-bond acceptors (Lipinski definition) is 2. The van der Waals surface area contributed by atoms with Crippen molar-refractivity contribution >= 4 is 84.6 Å². The van der Waals surface area contributed by atoms with Gasteiger partial charge in [-0.05, 0) is 0 Å². The molecule has 0 rings (SSSR count). The summed E-state index contributed by atoms with van der Waals surface area (Å²) >= 11 is 0. The van der Waals surface area contributed by atoms with Crippen LogP contribution in [0.25, 0.3) is 0 Å². The van der Waals surface area contributed by atoms with Crippen molar-refractivity contribution in [3.8, 4) is 0 Å². The monoisotopic (exact) mass is 326 g/mol. The summed E-state index contributed by atoms with van der Waals surface area (Å²) in [5, 5.41) is 0. The van der Waals surface area contributed by atoms with Crippen LogP contribution in [0.4, 0.5) is 0 Å². The van der Waals surface area contributed by atoms with Gasteiger partial charge in [-0.25, -0.2) is 0 Å². The van der Waals surface area contributed by atoms with Crippen molar-refractivity contribution in [2.75, 3.05) is 0 Å². The van der Waals surface area contributed by atoms with Crippen molar-refractivity contribution in [1.82, 2.24) is 0 Å². The van der Waals surface area contributed by atoms with Gasteiger partial charge in [0, 0.05) is 0 Å². The minimum atomic E-state index is -3.13. The molecule has 0 aromatic heterocycles. The van der Waals surface area contributed by atoms with Crippen molar-refractivity contribution in [3.05, 3.63) is 0 Å². The third-order valence-corrected chi connectivity index (χ3v) is 0. The van der Waals surface area contributed by atoms with Crippen molar-refractivity contribution in [1.29, 1.82) is 0 Å². The van der Waals surface area contributed by atoms with Crippen LogP contribution in [0.15, 0.2) is 0 Å². The maximum Gasteiger partial charge on any atom is 2.00 e. The molecule has 0 spiro atoms. The molecule has 0 saturated carbocycles. The molecule has 0 saturated heterocycles. The minimum Gasteiger partial charge on any atom is -1.00 e. The molecule has 0 aliphatic rings. The number of rotatable bonds is 0. The van der Waals surface area contributed by atoms with E-state index in [0.717, 1.165) is 0 Å². The van der Waals surface area contributed by atoms with E-state index in [1.165, 1.54) is 0 Å². The van der Waals surface area contributed by atoms with Gasteiger partial charge in [-0.1, -0.05) is 0 Å². The van der Waals surface area contributed by atoms with E-state index in [2.05, 4.69) is 0 Å². The fourth-order valence-electron chi connectivity index (χ4n) is 0. The van der Waals surface area contributed by atoms with Crippen molar-refractivity contribution in [2.24, 2.45) is 0 Å². The minimum absolute atomic E-state index is 0. The average molecular weight is 326 g/mol. The SMILES string of the molecule is O=[Si](O)O.O=[Si](O)O.[AlH3].[Ba+2].[H-].[H-]. The van der Waals surface area contributed by atoms with E-state index in [1.807, 2.05) is 0 Å². The van der Waals surface area contributed by atoms with Crippen molar-refractivity contribution in [3.63, 3.8) is 0 Å². The van der Waals surface area contributed by atoms with Crippen LogP contribution in [-0.2, 0) is 8.92 Å². The standard InChI is InChI=1S/Al.Ba.2H2O3Si.5H/c;;2*1-4(2)3;;;;;/h;;2*1-2H;;;;;/q;+2;;;;;;2*-1. The molecular formula is H9AlBaO6Si2. The second-order valence-electron chi connectivity index (χ2n) is 0.565. The molecule has 6 nitrogen and oxygen atoms in total. The van der Waals surface area contributed by atoms with Crippen LogP contribution in [0, 0.1) is 0 Å². The zero-order valence-corrected chi connectivity index (χ0v) is 10.8. The Hall–Kier alpha value is 1.34. The Labute approximate surface area is 114 Å². The molecule has 0 amide bonds.